The van der Waals surface area contributed by atoms with Gasteiger partial charge in [0.05, 0.1) is 0 Å². The molecule has 4 heteroatoms. The Labute approximate surface area is 79.3 Å². The van der Waals surface area contributed by atoms with Gasteiger partial charge in [-0.05, 0) is 27.7 Å². The predicted octanol–water partition coefficient (Wildman–Crippen LogP) is 1.24. The van der Waals surface area contributed by atoms with Crippen molar-refractivity contribution in [1.82, 2.24) is 5.06 Å². The topological polar surface area (TPSA) is 35.7 Å². The van der Waals surface area contributed by atoms with Crippen molar-refractivity contribution in [2.24, 2.45) is 0 Å². The van der Waals surface area contributed by atoms with Crippen LogP contribution in [0, 0.1) is 0 Å². The van der Waals surface area contributed by atoms with Crippen LogP contribution < -0.4 is 0 Å². The molecule has 0 aromatic rings. The molecule has 0 radical (unpaired) electrons. The van der Waals surface area contributed by atoms with Gasteiger partial charge in [0.1, 0.15) is 7.11 Å². The van der Waals surface area contributed by atoms with Crippen molar-refractivity contribution < 1.29 is 14.8 Å². The van der Waals surface area contributed by atoms with Gasteiger partial charge in [0, 0.05) is 6.92 Å². The van der Waals surface area contributed by atoms with Crippen molar-refractivity contribution in [1.29, 1.82) is 0 Å². The van der Waals surface area contributed by atoms with E-state index in [9.17, 15) is 5.21 Å². The highest BCUT2D eigenvalue weighted by Gasteiger charge is 2.61. The molecule has 0 aliphatic carbocycles. The Balaban J connectivity index is 3.22. The molecule has 1 N–H and O–H groups in total. The molecule has 0 bridgehead atoms. The Morgan fingerprint density at radius 1 is 1.31 bits per heavy atom. The molecule has 4 nitrogen and oxygen atoms in total. The van der Waals surface area contributed by atoms with Crippen molar-refractivity contribution in [3.8, 4) is 0 Å². The van der Waals surface area contributed by atoms with E-state index in [1.807, 2.05) is 34.6 Å². The number of nitrogens with zero attached hydrogens (tertiary/aromatic N) is 2. The molecule has 0 atom stereocenters. The Morgan fingerprint density at radius 2 is 1.77 bits per heavy atom. The summed E-state index contributed by atoms with van der Waals surface area (Å²) >= 11 is 0. The minimum Gasteiger partial charge on any atom is -0.343 e. The van der Waals surface area contributed by atoms with E-state index in [-0.39, 0.29) is 11.1 Å². The molecule has 0 fully saturated rings. The molecule has 0 unspecified atom stereocenters. The first kappa shape index (κ1) is 10.3. The van der Waals surface area contributed by atoms with E-state index in [2.05, 4.69) is 0 Å². The van der Waals surface area contributed by atoms with Crippen LogP contribution in [-0.2, 0) is 4.84 Å². The first-order chi connectivity index (χ1) is 5.76. The smallest absolute Gasteiger partial charge is 0.314 e. The quantitative estimate of drug-likeness (QED) is 0.627. The van der Waals surface area contributed by atoms with Crippen LogP contribution in [0.15, 0.2) is 0 Å². The lowest BCUT2D eigenvalue weighted by Crippen LogP contribution is -2.54. The molecule has 0 amide bonds. The van der Waals surface area contributed by atoms with Crippen LogP contribution >= 0.6 is 0 Å². The molecule has 1 aliphatic heterocycles. The summed E-state index contributed by atoms with van der Waals surface area (Å²) < 4.78 is 1.73. The van der Waals surface area contributed by atoms with E-state index in [0.717, 1.165) is 5.84 Å². The van der Waals surface area contributed by atoms with Gasteiger partial charge >= 0.3 is 5.84 Å². The molecule has 1 rings (SSSR count). The lowest BCUT2D eigenvalue weighted by molar-refractivity contribution is -0.824. The van der Waals surface area contributed by atoms with E-state index < -0.39 is 0 Å². The summed E-state index contributed by atoms with van der Waals surface area (Å²) in [6, 6.07) is 0. The van der Waals surface area contributed by atoms with Gasteiger partial charge in [0.25, 0.3) is 0 Å². The van der Waals surface area contributed by atoms with Crippen LogP contribution in [0.4, 0.5) is 0 Å². The standard InChI is InChI=1S/C9H19N2O2/c1-7-10(12)8(2,3)9(4,5)11(7)13-6/h12H,1-6H3/q+1. The monoisotopic (exact) mass is 187 g/mol. The molecule has 0 saturated carbocycles. The maximum Gasteiger partial charge on any atom is 0.314 e. The summed E-state index contributed by atoms with van der Waals surface area (Å²) in [5, 5.41) is 11.1. The average molecular weight is 187 g/mol. The zero-order valence-corrected chi connectivity index (χ0v) is 9.25. The highest BCUT2D eigenvalue weighted by atomic mass is 16.7. The molecule has 0 aromatic carbocycles. The molecule has 1 heterocycles. The SMILES string of the molecule is CO[N+]1=C(C)N(O)C(C)(C)C1(C)C. The van der Waals surface area contributed by atoms with Crippen molar-refractivity contribution in [2.75, 3.05) is 7.11 Å². The Morgan fingerprint density at radius 3 is 1.92 bits per heavy atom. The van der Waals surface area contributed by atoms with Crippen LogP contribution in [0.1, 0.15) is 34.6 Å². The summed E-state index contributed by atoms with van der Waals surface area (Å²) in [6.07, 6.45) is 0. The fourth-order valence-electron chi connectivity index (χ4n) is 1.76. The second-order valence-corrected chi connectivity index (χ2v) is 4.45. The van der Waals surface area contributed by atoms with Crippen molar-refractivity contribution in [3.05, 3.63) is 0 Å². The summed E-state index contributed by atoms with van der Waals surface area (Å²) in [5.41, 5.74) is -0.603. The largest absolute Gasteiger partial charge is 0.343 e. The summed E-state index contributed by atoms with van der Waals surface area (Å²) in [6.45, 7) is 9.87. The molecular weight excluding hydrogens is 168 g/mol. The molecule has 0 spiro atoms. The highest BCUT2D eigenvalue weighted by Crippen LogP contribution is 2.35. The number of amidine groups is 1. The van der Waals surface area contributed by atoms with Crippen LogP contribution in [0.5, 0.6) is 0 Å². The van der Waals surface area contributed by atoms with Gasteiger partial charge in [0.15, 0.2) is 11.1 Å². The minimum absolute atomic E-state index is 0.249. The molecule has 13 heavy (non-hydrogen) atoms. The Hall–Kier alpha value is -0.770. The lowest BCUT2D eigenvalue weighted by atomic mass is 9.84. The maximum atomic E-state index is 9.84. The van der Waals surface area contributed by atoms with Crippen LogP contribution in [-0.4, -0.2) is 39.0 Å². The molecular formula is C9H19N2O2+. The number of hydrogen-bond acceptors (Lipinski definition) is 3. The molecule has 1 aliphatic rings. The average Bonchev–Trinajstić information content (AvgIpc) is 2.12. The van der Waals surface area contributed by atoms with E-state index in [1.165, 1.54) is 5.06 Å². The zero-order valence-electron chi connectivity index (χ0n) is 9.25. The molecule has 0 saturated heterocycles. The fourth-order valence-corrected chi connectivity index (χ4v) is 1.76. The van der Waals surface area contributed by atoms with E-state index in [0.29, 0.717) is 0 Å². The minimum atomic E-state index is -0.354. The predicted molar refractivity (Wildman–Crippen MR) is 49.7 cm³/mol. The van der Waals surface area contributed by atoms with Crippen LogP contribution in [0.2, 0.25) is 0 Å². The summed E-state index contributed by atoms with van der Waals surface area (Å²) in [4.78, 5) is 5.24. The summed E-state index contributed by atoms with van der Waals surface area (Å²) in [7, 11) is 1.61. The second-order valence-electron chi connectivity index (χ2n) is 4.45. The van der Waals surface area contributed by atoms with Gasteiger partial charge in [-0.3, -0.25) is 0 Å². The first-order valence-electron chi connectivity index (χ1n) is 4.44. The van der Waals surface area contributed by atoms with Gasteiger partial charge in [-0.1, -0.05) is 4.74 Å². The van der Waals surface area contributed by atoms with Gasteiger partial charge in [-0.25, -0.2) is 5.21 Å². The normalized spacial score (nSPS) is 25.3. The van der Waals surface area contributed by atoms with Gasteiger partial charge in [-0.2, -0.15) is 0 Å². The van der Waals surface area contributed by atoms with Gasteiger partial charge < -0.3 is 4.84 Å². The van der Waals surface area contributed by atoms with E-state index >= 15 is 0 Å². The number of hydrogen-bond donors (Lipinski definition) is 1. The van der Waals surface area contributed by atoms with Crippen LogP contribution in [0.3, 0.4) is 0 Å². The maximum absolute atomic E-state index is 9.84. The summed E-state index contributed by atoms with van der Waals surface area (Å²) in [5.74, 6) is 0.720. The molecule has 0 aromatic heterocycles. The lowest BCUT2D eigenvalue weighted by Gasteiger charge is -2.30. The highest BCUT2D eigenvalue weighted by molar-refractivity contribution is 5.75. The van der Waals surface area contributed by atoms with Gasteiger partial charge in [-0.15, -0.1) is 5.06 Å². The first-order valence-corrected chi connectivity index (χ1v) is 4.44. The second kappa shape index (κ2) is 2.61. The van der Waals surface area contributed by atoms with Crippen LogP contribution in [0.25, 0.3) is 0 Å². The van der Waals surface area contributed by atoms with Crippen molar-refractivity contribution >= 4 is 5.84 Å². The van der Waals surface area contributed by atoms with Crippen molar-refractivity contribution in [2.45, 2.75) is 45.7 Å². The number of rotatable bonds is 1. The third-order valence-corrected chi connectivity index (χ3v) is 3.32. The third kappa shape index (κ3) is 1.05. The number of hydroxylamine groups is 3. The zero-order chi connectivity index (χ0) is 10.4. The Kier molecular flexibility index (Phi) is 2.07. The van der Waals surface area contributed by atoms with Gasteiger partial charge in [0.2, 0.25) is 0 Å². The fraction of sp³-hybridized carbons (Fsp3) is 0.889. The third-order valence-electron chi connectivity index (χ3n) is 3.32. The molecule has 76 valence electrons. The van der Waals surface area contributed by atoms with E-state index in [1.54, 1.807) is 11.8 Å². The Bertz CT molecular complexity index is 256. The van der Waals surface area contributed by atoms with E-state index in [4.69, 9.17) is 4.84 Å². The van der Waals surface area contributed by atoms with Crippen molar-refractivity contribution in [3.63, 3.8) is 0 Å².